The van der Waals surface area contributed by atoms with Crippen LogP contribution in [0, 0.1) is 5.92 Å². The third kappa shape index (κ3) is 25.1. The summed E-state index contributed by atoms with van der Waals surface area (Å²) in [6, 6.07) is 24.4. The molecule has 12 nitrogen and oxygen atoms in total. The van der Waals surface area contributed by atoms with Crippen molar-refractivity contribution in [3.8, 4) is 11.5 Å². The van der Waals surface area contributed by atoms with Gasteiger partial charge in [-0.1, -0.05) is 133 Å². The largest absolute Gasteiger partial charge is 0.456 e. The van der Waals surface area contributed by atoms with E-state index in [0.29, 0.717) is 39.7 Å². The van der Waals surface area contributed by atoms with E-state index in [9.17, 15) is 28.8 Å². The first-order valence-electron chi connectivity index (χ1n) is 28.6. The van der Waals surface area contributed by atoms with Gasteiger partial charge in [0.25, 0.3) is 0 Å². The zero-order valence-corrected chi connectivity index (χ0v) is 50.6. The van der Waals surface area contributed by atoms with Gasteiger partial charge in [-0.2, -0.15) is 0 Å². The Morgan fingerprint density at radius 2 is 0.914 bits per heavy atom. The van der Waals surface area contributed by atoms with Crippen molar-refractivity contribution in [1.82, 2.24) is 0 Å². The van der Waals surface area contributed by atoms with Crippen LogP contribution in [0.2, 0.25) is 0 Å². The Kier molecular flexibility index (Phi) is 30.2. The molecule has 0 spiro atoms. The van der Waals surface area contributed by atoms with E-state index in [1.165, 1.54) is 58.8 Å². The van der Waals surface area contributed by atoms with Crippen molar-refractivity contribution < 1.29 is 57.2 Å². The summed E-state index contributed by atoms with van der Waals surface area (Å²) in [5.74, 6) is -0.0941. The average Bonchev–Trinajstić information content (AvgIpc) is 4.23. The lowest BCUT2D eigenvalue weighted by atomic mass is 9.79. The Morgan fingerprint density at radius 3 is 1.37 bits per heavy atom. The number of benzene rings is 3. The number of ether oxygens (including phenoxy) is 6. The van der Waals surface area contributed by atoms with Crippen LogP contribution in [0.1, 0.15) is 202 Å². The number of carbonyl (C=O) groups excluding carboxylic acids is 6. The van der Waals surface area contributed by atoms with E-state index in [4.69, 9.17) is 28.4 Å². The first kappa shape index (κ1) is 70.0. The summed E-state index contributed by atoms with van der Waals surface area (Å²) >= 11 is 0. The molecular formula is C69H94O12. The second kappa shape index (κ2) is 34.9. The molecule has 4 saturated carbocycles. The van der Waals surface area contributed by atoms with Gasteiger partial charge in [0.2, 0.25) is 0 Å². The molecule has 12 heteroatoms. The van der Waals surface area contributed by atoms with Crippen LogP contribution < -0.4 is 9.47 Å². The third-order valence-corrected chi connectivity index (χ3v) is 14.6. The predicted molar refractivity (Wildman–Crippen MR) is 325 cm³/mol. The summed E-state index contributed by atoms with van der Waals surface area (Å²) in [5.41, 5.74) is 3.98. The van der Waals surface area contributed by atoms with Crippen LogP contribution in [0.15, 0.2) is 141 Å². The van der Waals surface area contributed by atoms with Crippen molar-refractivity contribution >= 4 is 48.0 Å². The van der Waals surface area contributed by atoms with Crippen molar-refractivity contribution in [2.45, 2.75) is 207 Å². The van der Waals surface area contributed by atoms with Crippen molar-refractivity contribution in [1.29, 1.82) is 0 Å². The maximum atomic E-state index is 11.9. The molecule has 81 heavy (non-hydrogen) atoms. The van der Waals surface area contributed by atoms with Gasteiger partial charge < -0.3 is 28.4 Å². The normalized spacial score (nSPS) is 16.3. The Labute approximate surface area is 485 Å². The number of hydrogen-bond acceptors (Lipinski definition) is 12. The summed E-state index contributed by atoms with van der Waals surface area (Å²) in [4.78, 5) is 67.0. The highest BCUT2D eigenvalue weighted by atomic mass is 16.6. The van der Waals surface area contributed by atoms with Gasteiger partial charge in [-0.3, -0.25) is 9.59 Å². The van der Waals surface area contributed by atoms with E-state index in [-0.39, 0.29) is 52.6 Å². The van der Waals surface area contributed by atoms with Crippen molar-refractivity contribution in [2.75, 3.05) is 0 Å². The van der Waals surface area contributed by atoms with Gasteiger partial charge in [0.15, 0.2) is 0 Å². The van der Waals surface area contributed by atoms with Crippen molar-refractivity contribution in [2.24, 2.45) is 5.92 Å². The summed E-state index contributed by atoms with van der Waals surface area (Å²) in [7, 11) is 0. The molecule has 4 aliphatic rings. The van der Waals surface area contributed by atoms with Crippen molar-refractivity contribution in [3.63, 3.8) is 0 Å². The molecule has 0 aromatic heterocycles. The van der Waals surface area contributed by atoms with E-state index in [1.807, 2.05) is 49.4 Å². The number of hydrogen-bond donors (Lipinski definition) is 0. The minimum Gasteiger partial charge on any atom is -0.456 e. The second-order valence-corrected chi connectivity index (χ2v) is 22.2. The van der Waals surface area contributed by atoms with E-state index in [0.717, 1.165) is 87.3 Å². The first-order chi connectivity index (χ1) is 38.2. The highest BCUT2D eigenvalue weighted by molar-refractivity contribution is 5.88. The van der Waals surface area contributed by atoms with E-state index in [1.54, 1.807) is 64.1 Å². The molecule has 3 aromatic rings. The molecule has 442 valence electrons. The Bertz CT molecular complexity index is 2580. The fourth-order valence-electron chi connectivity index (χ4n) is 9.70. The summed E-state index contributed by atoms with van der Waals surface area (Å²) < 4.78 is 31.9. The van der Waals surface area contributed by atoms with Gasteiger partial charge in [-0.15, -0.1) is 0 Å². The molecule has 0 amide bonds. The molecule has 0 aliphatic heterocycles. The maximum absolute atomic E-state index is 11.9. The van der Waals surface area contributed by atoms with Gasteiger partial charge in [-0.05, 0) is 191 Å². The average molecular weight is 1120 g/mol. The molecule has 0 radical (unpaired) electrons. The summed E-state index contributed by atoms with van der Waals surface area (Å²) in [6.45, 7) is 39.5. The Morgan fingerprint density at radius 1 is 0.481 bits per heavy atom. The highest BCUT2D eigenvalue weighted by Crippen LogP contribution is 2.42. The fourth-order valence-corrected chi connectivity index (χ4v) is 9.70. The van der Waals surface area contributed by atoms with Gasteiger partial charge in [-0.25, -0.2) is 19.2 Å². The molecule has 3 aromatic carbocycles. The van der Waals surface area contributed by atoms with Gasteiger partial charge in [0, 0.05) is 36.1 Å². The van der Waals surface area contributed by atoms with Crippen LogP contribution in [0.3, 0.4) is 0 Å². The van der Waals surface area contributed by atoms with Crippen LogP contribution in [0.25, 0.3) is 12.2 Å². The van der Waals surface area contributed by atoms with Crippen LogP contribution in [0.5, 0.6) is 11.5 Å². The predicted octanol–water partition coefficient (Wildman–Crippen LogP) is 16.8. The van der Waals surface area contributed by atoms with Gasteiger partial charge in [0.05, 0.1) is 0 Å². The van der Waals surface area contributed by atoms with Crippen molar-refractivity contribution in [3.05, 3.63) is 157 Å². The van der Waals surface area contributed by atoms with Crippen LogP contribution >= 0.6 is 0 Å². The Hall–Kier alpha value is -7.08. The smallest absolute Gasteiger partial charge is 0.333 e. The molecule has 0 heterocycles. The molecule has 0 N–H and O–H groups in total. The number of carbonyl (C=O) groups is 6. The molecule has 0 saturated heterocycles. The lowest BCUT2D eigenvalue weighted by Gasteiger charge is -2.37. The maximum Gasteiger partial charge on any atom is 0.333 e. The SMILES string of the molecule is C=C(C)C(=O)OC1(C(C)C)CCCC1.C=C(C)C(=O)OC1(C)CCCC1.C=C(C)C(=O)OC1(CC)CCCC1.C=C(C)C(=O)OC1(c2ccccc2)CCCCC1.C=Cc1ccc(OC(C)=O)cc1.C=Cc1cccc(OC(C)=O)c1. The van der Waals surface area contributed by atoms with Crippen LogP contribution in [0.4, 0.5) is 0 Å². The molecule has 0 unspecified atom stereocenters. The zero-order valence-electron chi connectivity index (χ0n) is 50.6. The standard InChI is InChI=1S/C16H20O2.C12H20O2.C11H18O2.C10H16O2.2C10H10O2/c1-13(2)15(17)18-16(11-7-4-8-12-16)14-9-5-3-6-10-14;1-9(2)11(13)14-12(10(3)4)7-5-6-8-12;1-4-11(7-5-6-8-11)13-10(12)9(2)3;1-8(2)9(11)12-10(3)6-4-5-7-10;1-3-9-4-6-10(7-5-9)12-8(2)11;1-3-9-5-4-6-10(7-9)12-8(2)11/h3,5-6,9-10H,1,4,7-8,11-12H2,2H3;10H,1,5-8H2,2-4H3;2,4-8H2,1,3H3;1,4-7H2,2-3H3;2*3-7H,1H2,2H3. The van der Waals surface area contributed by atoms with E-state index in [2.05, 4.69) is 72.4 Å². The third-order valence-electron chi connectivity index (χ3n) is 14.6. The highest BCUT2D eigenvalue weighted by Gasteiger charge is 2.41. The Balaban J connectivity index is 0.000000334. The van der Waals surface area contributed by atoms with Gasteiger partial charge in [0.1, 0.15) is 33.9 Å². The lowest BCUT2D eigenvalue weighted by molar-refractivity contribution is -0.160. The second-order valence-electron chi connectivity index (χ2n) is 22.2. The lowest BCUT2D eigenvalue weighted by Crippen LogP contribution is -2.37. The quantitative estimate of drug-likeness (QED) is 0.0615. The zero-order chi connectivity index (χ0) is 60.8. The van der Waals surface area contributed by atoms with Gasteiger partial charge >= 0.3 is 35.8 Å². The van der Waals surface area contributed by atoms with Crippen LogP contribution in [-0.4, -0.2) is 52.6 Å². The molecule has 7 rings (SSSR count). The van der Waals surface area contributed by atoms with E-state index >= 15 is 0 Å². The monoisotopic (exact) mass is 1110 g/mol. The molecule has 4 fully saturated rings. The molecule has 0 atom stereocenters. The minimum atomic E-state index is -0.435. The number of esters is 6. The fraction of sp³-hybridized carbons (Fsp3) is 0.478. The van der Waals surface area contributed by atoms with E-state index < -0.39 is 5.60 Å². The van der Waals surface area contributed by atoms with Crippen LogP contribution in [-0.2, 0) is 53.3 Å². The molecular weight excluding hydrogens is 1020 g/mol. The summed E-state index contributed by atoms with van der Waals surface area (Å²) in [6.07, 6.45) is 22.7. The summed E-state index contributed by atoms with van der Waals surface area (Å²) in [5, 5.41) is 0. The number of rotatable bonds is 15. The molecule has 0 bridgehead atoms. The topological polar surface area (TPSA) is 158 Å². The minimum absolute atomic E-state index is 0.171. The molecule has 4 aliphatic carbocycles. The first-order valence-corrected chi connectivity index (χ1v) is 28.6.